The Morgan fingerprint density at radius 2 is 1.42 bits per heavy atom. The van der Waals surface area contributed by atoms with E-state index in [4.69, 9.17) is 20.4 Å². The van der Waals surface area contributed by atoms with E-state index in [1.54, 1.807) is 39.0 Å². The number of furan rings is 1. The SMILES string of the molecule is [2H]C([2H])([2H])c1c[c-]c(-c2ccc(C(C)(C)C)cn2)cc1-c1ccc2c(c1)C(C)(C)CCCC2(C)C.[2H]C([2H])([2H])c1cnc(-c2[c-]ccc3c2oc2cc4c(ccc5ccccc54)cc23)cc1C([2H])([2H])C(C)(C)C.[Ir]. The van der Waals surface area contributed by atoms with E-state index in [1.807, 2.05) is 36.5 Å². The van der Waals surface area contributed by atoms with Gasteiger partial charge in [0.25, 0.3) is 0 Å². The van der Waals surface area contributed by atoms with E-state index < -0.39 is 25.5 Å². The average Bonchev–Trinajstić information content (AvgIpc) is 3.65. The summed E-state index contributed by atoms with van der Waals surface area (Å²) in [4.78, 5) is 9.16. The van der Waals surface area contributed by atoms with E-state index in [-0.39, 0.29) is 47.5 Å². The van der Waals surface area contributed by atoms with E-state index in [0.717, 1.165) is 78.7 Å². The molecular formula is C62H64IrN2O-2. The summed E-state index contributed by atoms with van der Waals surface area (Å²) in [5, 5.41) is 6.36. The molecule has 0 bridgehead atoms. The van der Waals surface area contributed by atoms with Crippen molar-refractivity contribution in [2.24, 2.45) is 5.41 Å². The molecule has 1 radical (unpaired) electrons. The molecule has 10 rings (SSSR count). The molecule has 1 aliphatic rings. The molecule has 0 spiro atoms. The molecule has 1 aliphatic carbocycles. The van der Waals surface area contributed by atoms with Gasteiger partial charge in [-0.15, -0.1) is 47.5 Å². The van der Waals surface area contributed by atoms with Crippen LogP contribution in [0.1, 0.15) is 133 Å². The Balaban J connectivity index is 0.000000195. The van der Waals surface area contributed by atoms with Gasteiger partial charge < -0.3 is 14.4 Å². The number of nitrogens with zero attached hydrogens (tertiary/aromatic N) is 2. The molecule has 339 valence electrons. The number of aryl methyl sites for hydroxylation is 2. The molecule has 3 nitrogen and oxygen atoms in total. The second-order valence-electron chi connectivity index (χ2n) is 21.3. The number of pyridine rings is 2. The second kappa shape index (κ2) is 17.7. The van der Waals surface area contributed by atoms with Crippen molar-refractivity contribution in [3.05, 3.63) is 167 Å². The fourth-order valence-corrected chi connectivity index (χ4v) is 9.51. The zero-order valence-electron chi connectivity index (χ0n) is 47.8. The summed E-state index contributed by atoms with van der Waals surface area (Å²) in [7, 11) is 0. The number of hydrogen-bond donors (Lipinski definition) is 0. The van der Waals surface area contributed by atoms with Crippen molar-refractivity contribution in [1.29, 1.82) is 0 Å². The average molecular weight is 1050 g/mol. The number of aromatic nitrogens is 2. The quantitative estimate of drug-likeness (QED) is 0.100. The van der Waals surface area contributed by atoms with Crippen molar-refractivity contribution >= 4 is 43.5 Å². The first-order chi connectivity index (χ1) is 34.0. The van der Waals surface area contributed by atoms with Gasteiger partial charge in [-0.05, 0) is 121 Å². The summed E-state index contributed by atoms with van der Waals surface area (Å²) in [6.07, 6.45) is 4.73. The first-order valence-corrected chi connectivity index (χ1v) is 22.8. The molecule has 0 N–H and O–H groups in total. The molecule has 3 heterocycles. The normalized spacial score (nSPS) is 17.1. The zero-order valence-corrected chi connectivity index (χ0v) is 42.2. The topological polar surface area (TPSA) is 38.9 Å². The van der Waals surface area contributed by atoms with E-state index in [1.165, 1.54) is 23.7 Å². The van der Waals surface area contributed by atoms with Crippen molar-refractivity contribution in [2.75, 3.05) is 0 Å². The third kappa shape index (κ3) is 9.29. The van der Waals surface area contributed by atoms with Crippen LogP contribution in [-0.4, -0.2) is 9.97 Å². The first kappa shape index (κ1) is 37.7. The molecule has 66 heavy (non-hydrogen) atoms. The zero-order chi connectivity index (χ0) is 52.8. The molecule has 0 fully saturated rings. The summed E-state index contributed by atoms with van der Waals surface area (Å²) < 4.78 is 72.7. The fourth-order valence-electron chi connectivity index (χ4n) is 9.51. The maximum Gasteiger partial charge on any atom is 0.121 e. The standard InChI is InChI=1S/C31H26NO.C31H38N.Ir/c1-19-18-32-28(15-22(19)17-31(2,3)4)25-11-7-10-24-27-14-21-13-12-20-8-5-6-9-23(20)26(21)16-29(27)33-30(24)25;1-21-10-11-23(28-15-13-24(20-32-28)29(2,3)4)18-25(21)22-12-14-26-27(19-22)31(7,8)17-9-16-30(26,5)6;/h5-10,12-16,18H,17H2,1-4H3;10,12-15,18-20H,9,16-17H2,1-8H3;/q2*-1;/i1D3,17D2;1D3;. The van der Waals surface area contributed by atoms with Crippen LogP contribution in [0.2, 0.25) is 0 Å². The second-order valence-corrected chi connectivity index (χ2v) is 21.3. The van der Waals surface area contributed by atoms with E-state index in [0.29, 0.717) is 22.4 Å². The maximum atomic E-state index is 8.85. The summed E-state index contributed by atoms with van der Waals surface area (Å²) in [5.74, 6) is 0. The maximum absolute atomic E-state index is 8.85. The Bertz CT molecular complexity index is 3570. The first-order valence-electron chi connectivity index (χ1n) is 26.8. The minimum Gasteiger partial charge on any atom is -0.501 e. The molecule has 0 saturated carbocycles. The molecule has 3 aromatic heterocycles. The van der Waals surface area contributed by atoms with Crippen LogP contribution < -0.4 is 0 Å². The molecule has 0 saturated heterocycles. The van der Waals surface area contributed by atoms with E-state index >= 15 is 0 Å². The fraction of sp³-hybridized carbons (Fsp3) is 0.323. The van der Waals surface area contributed by atoms with Crippen molar-refractivity contribution in [3.63, 3.8) is 0 Å². The largest absolute Gasteiger partial charge is 0.501 e. The van der Waals surface area contributed by atoms with Gasteiger partial charge in [-0.2, -0.15) is 0 Å². The van der Waals surface area contributed by atoms with Crippen LogP contribution in [0.5, 0.6) is 0 Å². The van der Waals surface area contributed by atoms with Gasteiger partial charge in [0, 0.05) is 48.9 Å². The molecule has 0 aliphatic heterocycles. The van der Waals surface area contributed by atoms with Crippen LogP contribution in [0.3, 0.4) is 0 Å². The van der Waals surface area contributed by atoms with Crippen LogP contribution in [0.25, 0.3) is 77.1 Å². The number of rotatable bonds is 4. The van der Waals surface area contributed by atoms with E-state index in [9.17, 15) is 0 Å². The van der Waals surface area contributed by atoms with Crippen LogP contribution in [0.4, 0.5) is 0 Å². The van der Waals surface area contributed by atoms with Gasteiger partial charge >= 0.3 is 0 Å². The van der Waals surface area contributed by atoms with Gasteiger partial charge in [0.1, 0.15) is 5.58 Å². The minimum absolute atomic E-state index is 0. The van der Waals surface area contributed by atoms with Gasteiger partial charge in [-0.1, -0.05) is 177 Å². The van der Waals surface area contributed by atoms with Gasteiger partial charge in [0.15, 0.2) is 0 Å². The van der Waals surface area contributed by atoms with Crippen molar-refractivity contribution < 1.29 is 35.5 Å². The molecule has 0 unspecified atom stereocenters. The van der Waals surface area contributed by atoms with Crippen molar-refractivity contribution in [1.82, 2.24) is 9.97 Å². The number of fused-ring (bicyclic) bond motifs is 7. The Kier molecular flexibility index (Phi) is 10.1. The Morgan fingerprint density at radius 3 is 2.15 bits per heavy atom. The van der Waals surface area contributed by atoms with Gasteiger partial charge in [-0.25, -0.2) is 0 Å². The Hall–Kier alpha value is -5.41. The van der Waals surface area contributed by atoms with E-state index in [2.05, 4.69) is 126 Å². The molecular weight excluding hydrogens is 981 g/mol. The van der Waals surface area contributed by atoms with Crippen molar-refractivity contribution in [2.45, 2.75) is 125 Å². The Morgan fingerprint density at radius 1 is 0.682 bits per heavy atom. The predicted octanol–water partition coefficient (Wildman–Crippen LogP) is 17.2. The summed E-state index contributed by atoms with van der Waals surface area (Å²) in [6, 6.07) is 42.7. The van der Waals surface area contributed by atoms with Gasteiger partial charge in [-0.3, -0.25) is 0 Å². The van der Waals surface area contributed by atoms with Crippen LogP contribution in [0.15, 0.2) is 126 Å². The van der Waals surface area contributed by atoms with Gasteiger partial charge in [0.05, 0.1) is 5.58 Å². The molecule has 6 aromatic carbocycles. The Labute approximate surface area is 418 Å². The number of benzene rings is 6. The number of hydrogen-bond acceptors (Lipinski definition) is 3. The van der Waals surface area contributed by atoms with Gasteiger partial charge in [0.2, 0.25) is 0 Å². The minimum atomic E-state index is -2.50. The van der Waals surface area contributed by atoms with Crippen LogP contribution in [0, 0.1) is 31.3 Å². The molecule has 0 amide bonds. The summed E-state index contributed by atoms with van der Waals surface area (Å²) in [6.45, 7) is 16.3. The predicted molar refractivity (Wildman–Crippen MR) is 276 cm³/mol. The molecule has 4 heteroatoms. The van der Waals surface area contributed by atoms with Crippen LogP contribution >= 0.6 is 0 Å². The smallest absolute Gasteiger partial charge is 0.121 e. The molecule has 0 atom stereocenters. The monoisotopic (exact) mass is 1050 g/mol. The third-order valence-corrected chi connectivity index (χ3v) is 13.2. The third-order valence-electron chi connectivity index (χ3n) is 13.2. The summed E-state index contributed by atoms with van der Waals surface area (Å²) >= 11 is 0. The van der Waals surface area contributed by atoms with Crippen molar-refractivity contribution in [3.8, 4) is 33.6 Å². The molecule has 9 aromatic rings. The summed E-state index contributed by atoms with van der Waals surface area (Å²) in [5.41, 5.74) is 9.12. The van der Waals surface area contributed by atoms with Crippen LogP contribution in [-0.2, 0) is 42.7 Å².